The molecule has 0 spiro atoms. The van der Waals surface area contributed by atoms with E-state index in [2.05, 4.69) is 216 Å². The highest BCUT2D eigenvalue weighted by Crippen LogP contribution is 2.43. The molecule has 11 rings (SSSR count). The maximum Gasteiger partial charge on any atom is 0.0547 e. The summed E-state index contributed by atoms with van der Waals surface area (Å²) in [6.45, 7) is 0. The van der Waals surface area contributed by atoms with E-state index >= 15 is 0 Å². The van der Waals surface area contributed by atoms with Gasteiger partial charge < -0.3 is 9.47 Å². The van der Waals surface area contributed by atoms with Crippen molar-refractivity contribution in [1.29, 1.82) is 0 Å². The molecule has 0 radical (unpaired) electrons. The van der Waals surface area contributed by atoms with Gasteiger partial charge in [0.25, 0.3) is 0 Å². The third kappa shape index (κ3) is 5.40. The first kappa shape index (κ1) is 31.6. The molecule has 0 atom stereocenters. The second kappa shape index (κ2) is 12.9. The molecular formula is C52H34N2S. The van der Waals surface area contributed by atoms with Gasteiger partial charge in [-0.1, -0.05) is 140 Å². The van der Waals surface area contributed by atoms with Gasteiger partial charge in [0.2, 0.25) is 0 Å². The van der Waals surface area contributed by atoms with Crippen molar-refractivity contribution in [1.82, 2.24) is 4.57 Å². The fourth-order valence-corrected chi connectivity index (χ4v) is 9.45. The van der Waals surface area contributed by atoms with Crippen LogP contribution in [-0.4, -0.2) is 4.57 Å². The van der Waals surface area contributed by atoms with Crippen molar-refractivity contribution in [2.24, 2.45) is 0 Å². The maximum atomic E-state index is 2.44. The van der Waals surface area contributed by atoms with Crippen molar-refractivity contribution in [3.05, 3.63) is 206 Å². The van der Waals surface area contributed by atoms with Crippen molar-refractivity contribution in [3.8, 4) is 27.9 Å². The van der Waals surface area contributed by atoms with Crippen LogP contribution in [0, 0.1) is 0 Å². The average molecular weight is 719 g/mol. The quantitative estimate of drug-likeness (QED) is 0.166. The van der Waals surface area contributed by atoms with E-state index < -0.39 is 0 Å². The van der Waals surface area contributed by atoms with Gasteiger partial charge >= 0.3 is 0 Å². The molecule has 0 fully saturated rings. The Hall–Kier alpha value is -6.94. The molecule has 2 aromatic heterocycles. The van der Waals surface area contributed by atoms with Crippen LogP contribution in [0.15, 0.2) is 206 Å². The Labute approximate surface area is 323 Å². The number of thiophene rings is 1. The van der Waals surface area contributed by atoms with E-state index in [0.717, 1.165) is 17.1 Å². The van der Waals surface area contributed by atoms with E-state index in [1.54, 1.807) is 0 Å². The van der Waals surface area contributed by atoms with Gasteiger partial charge in [-0.3, -0.25) is 0 Å². The smallest absolute Gasteiger partial charge is 0.0547 e. The summed E-state index contributed by atoms with van der Waals surface area (Å²) >= 11 is 1.87. The molecule has 55 heavy (non-hydrogen) atoms. The van der Waals surface area contributed by atoms with Crippen molar-refractivity contribution >= 4 is 81.1 Å². The predicted molar refractivity (Wildman–Crippen MR) is 237 cm³/mol. The summed E-state index contributed by atoms with van der Waals surface area (Å²) < 4.78 is 4.98. The molecule has 258 valence electrons. The van der Waals surface area contributed by atoms with Gasteiger partial charge in [-0.15, -0.1) is 11.3 Å². The number of aromatic nitrogens is 1. The number of rotatable bonds is 6. The Morgan fingerprint density at radius 2 is 0.836 bits per heavy atom. The second-order valence-corrected chi connectivity index (χ2v) is 15.3. The van der Waals surface area contributed by atoms with Gasteiger partial charge in [-0.25, -0.2) is 0 Å². The molecule has 0 aliphatic heterocycles. The summed E-state index contributed by atoms with van der Waals surface area (Å²) in [5.41, 5.74) is 11.8. The first-order valence-electron chi connectivity index (χ1n) is 18.7. The van der Waals surface area contributed by atoms with E-state index in [9.17, 15) is 0 Å². The molecule has 0 saturated heterocycles. The van der Waals surface area contributed by atoms with Crippen LogP contribution in [0.2, 0.25) is 0 Å². The number of anilines is 3. The molecule has 11 aromatic rings. The molecule has 9 aromatic carbocycles. The average Bonchev–Trinajstić information content (AvgIpc) is 3.78. The second-order valence-electron chi connectivity index (χ2n) is 14.2. The lowest BCUT2D eigenvalue weighted by Gasteiger charge is -2.26. The molecule has 0 N–H and O–H groups in total. The summed E-state index contributed by atoms with van der Waals surface area (Å²) in [6.07, 6.45) is 0. The minimum Gasteiger partial charge on any atom is -0.310 e. The molecule has 0 unspecified atom stereocenters. The monoisotopic (exact) mass is 718 g/mol. The number of benzene rings is 9. The van der Waals surface area contributed by atoms with E-state index in [1.165, 1.54) is 80.7 Å². The number of hydrogen-bond acceptors (Lipinski definition) is 2. The van der Waals surface area contributed by atoms with Crippen molar-refractivity contribution in [2.45, 2.75) is 0 Å². The topological polar surface area (TPSA) is 8.17 Å². The molecule has 0 bridgehead atoms. The SMILES string of the molecule is c1ccc(-c2ccc(N(c3ccc(-c4ccccc4)cc3)c3ccc4c(c3)sc3cc(-n5c6ccccc6c6cc7ccccc7cc65)ccc34)cc2)cc1. The van der Waals surface area contributed by atoms with E-state index in [1.807, 2.05) is 11.3 Å². The Morgan fingerprint density at radius 3 is 1.49 bits per heavy atom. The van der Waals surface area contributed by atoms with Crippen LogP contribution in [0.25, 0.3) is 80.7 Å². The fraction of sp³-hybridized carbons (Fsp3) is 0. The zero-order chi connectivity index (χ0) is 36.3. The summed E-state index contributed by atoms with van der Waals surface area (Å²) in [7, 11) is 0. The minimum atomic E-state index is 1.12. The Kier molecular flexibility index (Phi) is 7.39. The molecule has 0 amide bonds. The Morgan fingerprint density at radius 1 is 0.327 bits per heavy atom. The van der Waals surface area contributed by atoms with Gasteiger partial charge in [0.15, 0.2) is 0 Å². The molecule has 2 nitrogen and oxygen atoms in total. The zero-order valence-corrected chi connectivity index (χ0v) is 30.7. The first-order valence-corrected chi connectivity index (χ1v) is 19.6. The van der Waals surface area contributed by atoms with Gasteiger partial charge in [0.1, 0.15) is 0 Å². The summed E-state index contributed by atoms with van der Waals surface area (Å²) in [6, 6.07) is 75.1. The number of hydrogen-bond donors (Lipinski definition) is 0. The molecule has 2 heterocycles. The number of fused-ring (bicyclic) bond motifs is 7. The summed E-state index contributed by atoms with van der Waals surface area (Å²) in [5, 5.41) is 7.64. The third-order valence-electron chi connectivity index (χ3n) is 11.0. The number of para-hydroxylation sites is 1. The molecule has 0 aliphatic carbocycles. The molecule has 3 heteroatoms. The van der Waals surface area contributed by atoms with Gasteiger partial charge in [-0.2, -0.15) is 0 Å². The normalized spacial score (nSPS) is 11.6. The van der Waals surface area contributed by atoms with Crippen molar-refractivity contribution < 1.29 is 0 Å². The van der Waals surface area contributed by atoms with Crippen LogP contribution in [0.3, 0.4) is 0 Å². The van der Waals surface area contributed by atoms with Crippen LogP contribution in [0.1, 0.15) is 0 Å². The van der Waals surface area contributed by atoms with Crippen molar-refractivity contribution in [2.75, 3.05) is 4.90 Å². The van der Waals surface area contributed by atoms with E-state index in [0.29, 0.717) is 0 Å². The molecule has 0 saturated carbocycles. The van der Waals surface area contributed by atoms with E-state index in [-0.39, 0.29) is 0 Å². The fourth-order valence-electron chi connectivity index (χ4n) is 8.28. The zero-order valence-electron chi connectivity index (χ0n) is 29.9. The summed E-state index contributed by atoms with van der Waals surface area (Å²) in [5.74, 6) is 0. The van der Waals surface area contributed by atoms with Crippen molar-refractivity contribution in [3.63, 3.8) is 0 Å². The lowest BCUT2D eigenvalue weighted by molar-refractivity contribution is 1.19. The van der Waals surface area contributed by atoms with Crippen LogP contribution < -0.4 is 4.90 Å². The van der Waals surface area contributed by atoms with Crippen LogP contribution in [0.4, 0.5) is 17.1 Å². The Balaban J connectivity index is 1.03. The van der Waals surface area contributed by atoms with Gasteiger partial charge in [0, 0.05) is 53.7 Å². The number of nitrogens with zero attached hydrogens (tertiary/aromatic N) is 2. The van der Waals surface area contributed by atoms with Gasteiger partial charge in [-0.05, 0) is 99.8 Å². The highest BCUT2D eigenvalue weighted by Gasteiger charge is 2.18. The highest BCUT2D eigenvalue weighted by molar-refractivity contribution is 7.25. The summed E-state index contributed by atoms with van der Waals surface area (Å²) in [4.78, 5) is 2.38. The lowest BCUT2D eigenvalue weighted by Crippen LogP contribution is -2.09. The third-order valence-corrected chi connectivity index (χ3v) is 12.1. The molecule has 0 aliphatic rings. The van der Waals surface area contributed by atoms with Crippen LogP contribution >= 0.6 is 11.3 Å². The van der Waals surface area contributed by atoms with E-state index in [4.69, 9.17) is 0 Å². The molecular weight excluding hydrogens is 685 g/mol. The minimum absolute atomic E-state index is 1.12. The van der Waals surface area contributed by atoms with Crippen LogP contribution in [0.5, 0.6) is 0 Å². The largest absolute Gasteiger partial charge is 0.310 e. The first-order chi connectivity index (χ1) is 27.2. The lowest BCUT2D eigenvalue weighted by atomic mass is 10.0. The maximum absolute atomic E-state index is 2.44. The van der Waals surface area contributed by atoms with Gasteiger partial charge in [0.05, 0.1) is 11.0 Å². The Bertz CT molecular complexity index is 3090. The predicted octanol–water partition coefficient (Wildman–Crippen LogP) is 15.1. The van der Waals surface area contributed by atoms with Crippen LogP contribution in [-0.2, 0) is 0 Å². The standard InChI is InChI=1S/C52H34N2S/c1-3-11-35(12-4-1)37-19-23-41(24-20-37)53(42-25-21-38(22-26-42)36-13-5-2-6-14-36)43-27-29-46-47-30-28-44(34-52(47)55-51(46)33-43)54-49-18-10-9-17-45(49)48-31-39-15-7-8-16-40(39)32-50(48)54/h1-34H. The highest BCUT2D eigenvalue weighted by atomic mass is 32.1.